The van der Waals surface area contributed by atoms with Crippen molar-refractivity contribution in [1.82, 2.24) is 19.7 Å². The molecule has 3 aromatic rings. The molecule has 0 radical (unpaired) electrons. The number of ketones is 2. The molecular formula is C19H22N4O3S. The molecule has 7 nitrogen and oxygen atoms in total. The zero-order chi connectivity index (χ0) is 19.7. The van der Waals surface area contributed by atoms with E-state index in [0.717, 1.165) is 22.8 Å². The predicted octanol–water partition coefficient (Wildman–Crippen LogP) is 3.99. The minimum atomic E-state index is -0.0696. The second-order valence-electron chi connectivity index (χ2n) is 6.33. The van der Waals surface area contributed by atoms with Crippen LogP contribution < -0.4 is 0 Å². The summed E-state index contributed by atoms with van der Waals surface area (Å²) in [4.78, 5) is 27.5. The van der Waals surface area contributed by atoms with Gasteiger partial charge in [-0.05, 0) is 46.2 Å². The first-order chi connectivity index (χ1) is 12.8. The smallest absolute Gasteiger partial charge is 0.191 e. The third-order valence-corrected chi connectivity index (χ3v) is 5.50. The van der Waals surface area contributed by atoms with Gasteiger partial charge in [-0.3, -0.25) is 9.59 Å². The standard InChI is InChI=1S/C19H22N4O3S/c1-6-23-18(14-7-8-26-13(14)5)21-22-19(23)27-9-15(25)17-10(2)16(12(4)24)11(3)20-17/h7-8,20H,6,9H2,1-5H3. The number of rotatable bonds is 7. The summed E-state index contributed by atoms with van der Waals surface area (Å²) in [5.41, 5.74) is 3.40. The molecule has 27 heavy (non-hydrogen) atoms. The molecule has 0 saturated carbocycles. The van der Waals surface area contributed by atoms with Gasteiger partial charge in [0.2, 0.25) is 0 Å². The highest BCUT2D eigenvalue weighted by Crippen LogP contribution is 2.28. The van der Waals surface area contributed by atoms with Gasteiger partial charge in [-0.2, -0.15) is 0 Å². The Morgan fingerprint density at radius 3 is 2.56 bits per heavy atom. The number of thioether (sulfide) groups is 1. The molecule has 0 spiro atoms. The molecule has 0 amide bonds. The third-order valence-electron chi connectivity index (χ3n) is 4.53. The van der Waals surface area contributed by atoms with Crippen LogP contribution in [0.25, 0.3) is 11.4 Å². The number of aryl methyl sites for hydroxylation is 2. The van der Waals surface area contributed by atoms with Crippen LogP contribution in [0.2, 0.25) is 0 Å². The van der Waals surface area contributed by atoms with Crippen molar-refractivity contribution in [3.05, 3.63) is 40.6 Å². The van der Waals surface area contributed by atoms with Crippen molar-refractivity contribution in [2.24, 2.45) is 0 Å². The molecule has 0 aliphatic heterocycles. The average molecular weight is 386 g/mol. The van der Waals surface area contributed by atoms with E-state index in [-0.39, 0.29) is 17.3 Å². The van der Waals surface area contributed by atoms with E-state index in [1.54, 1.807) is 20.1 Å². The number of hydrogen-bond acceptors (Lipinski definition) is 6. The van der Waals surface area contributed by atoms with Gasteiger partial charge in [-0.25, -0.2) is 0 Å². The van der Waals surface area contributed by atoms with Gasteiger partial charge in [0.25, 0.3) is 0 Å². The summed E-state index contributed by atoms with van der Waals surface area (Å²) in [6.45, 7) is 9.68. The van der Waals surface area contributed by atoms with E-state index in [1.807, 2.05) is 24.5 Å². The van der Waals surface area contributed by atoms with Crippen molar-refractivity contribution >= 4 is 23.3 Å². The number of hydrogen-bond donors (Lipinski definition) is 1. The van der Waals surface area contributed by atoms with Crippen molar-refractivity contribution in [3.63, 3.8) is 0 Å². The molecule has 0 saturated heterocycles. The summed E-state index contributed by atoms with van der Waals surface area (Å²) in [5, 5.41) is 9.18. The number of H-pyrrole nitrogens is 1. The summed E-state index contributed by atoms with van der Waals surface area (Å²) in [7, 11) is 0. The zero-order valence-electron chi connectivity index (χ0n) is 16.0. The summed E-state index contributed by atoms with van der Waals surface area (Å²) in [6, 6.07) is 1.86. The molecule has 8 heteroatoms. The molecule has 0 atom stereocenters. The van der Waals surface area contributed by atoms with Crippen LogP contribution in [0.4, 0.5) is 0 Å². The number of carbonyl (C=O) groups is 2. The van der Waals surface area contributed by atoms with Crippen LogP contribution in [0.3, 0.4) is 0 Å². The van der Waals surface area contributed by atoms with Crippen LogP contribution in [0, 0.1) is 20.8 Å². The van der Waals surface area contributed by atoms with E-state index < -0.39 is 0 Å². The summed E-state index contributed by atoms with van der Waals surface area (Å²) >= 11 is 1.34. The van der Waals surface area contributed by atoms with Crippen LogP contribution in [0.15, 0.2) is 21.9 Å². The van der Waals surface area contributed by atoms with Crippen molar-refractivity contribution in [3.8, 4) is 11.4 Å². The van der Waals surface area contributed by atoms with E-state index in [0.29, 0.717) is 28.5 Å². The zero-order valence-corrected chi connectivity index (χ0v) is 16.9. The van der Waals surface area contributed by atoms with Crippen LogP contribution >= 0.6 is 11.8 Å². The Balaban J connectivity index is 1.81. The number of aromatic amines is 1. The molecule has 0 aliphatic carbocycles. The first-order valence-electron chi connectivity index (χ1n) is 8.68. The maximum absolute atomic E-state index is 12.7. The lowest BCUT2D eigenvalue weighted by Gasteiger charge is -2.06. The van der Waals surface area contributed by atoms with Crippen molar-refractivity contribution in [2.45, 2.75) is 46.3 Å². The lowest BCUT2D eigenvalue weighted by Crippen LogP contribution is -2.07. The van der Waals surface area contributed by atoms with E-state index in [1.165, 1.54) is 18.7 Å². The number of carbonyl (C=O) groups excluding carboxylic acids is 2. The molecule has 0 aromatic carbocycles. The molecule has 3 heterocycles. The van der Waals surface area contributed by atoms with Crippen LogP contribution in [-0.2, 0) is 6.54 Å². The van der Waals surface area contributed by atoms with Crippen molar-refractivity contribution in [2.75, 3.05) is 5.75 Å². The Kier molecular flexibility index (Phi) is 5.36. The molecule has 142 valence electrons. The van der Waals surface area contributed by atoms with Gasteiger partial charge in [-0.1, -0.05) is 11.8 Å². The molecule has 0 unspecified atom stereocenters. The molecule has 0 fully saturated rings. The highest BCUT2D eigenvalue weighted by atomic mass is 32.2. The van der Waals surface area contributed by atoms with E-state index in [4.69, 9.17) is 4.42 Å². The summed E-state index contributed by atoms with van der Waals surface area (Å²) < 4.78 is 7.32. The Hall–Kier alpha value is -2.61. The lowest BCUT2D eigenvalue weighted by molar-refractivity contribution is 0.101. The first-order valence-corrected chi connectivity index (χ1v) is 9.67. The third kappa shape index (κ3) is 3.49. The summed E-state index contributed by atoms with van der Waals surface area (Å²) in [5.74, 6) is 1.60. The van der Waals surface area contributed by atoms with Gasteiger partial charge < -0.3 is 14.0 Å². The topological polar surface area (TPSA) is 93.8 Å². The van der Waals surface area contributed by atoms with E-state index in [9.17, 15) is 9.59 Å². The Bertz CT molecular complexity index is 1010. The highest BCUT2D eigenvalue weighted by molar-refractivity contribution is 7.99. The molecular weight excluding hydrogens is 364 g/mol. The second kappa shape index (κ2) is 7.56. The number of furan rings is 1. The SMILES string of the molecule is CCn1c(SCC(=O)c2[nH]c(C)c(C(C)=O)c2C)nnc1-c1ccoc1C. The average Bonchev–Trinajstić information content (AvgIpc) is 3.29. The summed E-state index contributed by atoms with van der Waals surface area (Å²) in [6.07, 6.45) is 1.62. The number of nitrogens with one attached hydrogen (secondary N) is 1. The first kappa shape index (κ1) is 19.2. The maximum atomic E-state index is 12.7. The van der Waals surface area contributed by atoms with Crippen LogP contribution in [0.1, 0.15) is 51.7 Å². The normalized spacial score (nSPS) is 11.1. The highest BCUT2D eigenvalue weighted by Gasteiger charge is 2.21. The van der Waals surface area contributed by atoms with Gasteiger partial charge >= 0.3 is 0 Å². The number of aromatic nitrogens is 4. The van der Waals surface area contributed by atoms with Crippen LogP contribution in [-0.4, -0.2) is 37.1 Å². The Labute approximate surface area is 161 Å². The van der Waals surface area contributed by atoms with E-state index >= 15 is 0 Å². The fourth-order valence-corrected chi connectivity index (χ4v) is 4.13. The van der Waals surface area contributed by atoms with Gasteiger partial charge in [-0.15, -0.1) is 10.2 Å². The minimum Gasteiger partial charge on any atom is -0.469 e. The second-order valence-corrected chi connectivity index (χ2v) is 7.28. The van der Waals surface area contributed by atoms with E-state index in [2.05, 4.69) is 15.2 Å². The largest absolute Gasteiger partial charge is 0.469 e. The van der Waals surface area contributed by atoms with Gasteiger partial charge in [0.05, 0.1) is 23.3 Å². The minimum absolute atomic E-state index is 0.0428. The quantitative estimate of drug-likeness (QED) is 0.487. The van der Waals surface area contributed by atoms with Crippen molar-refractivity contribution in [1.29, 1.82) is 0 Å². The molecule has 3 rings (SSSR count). The maximum Gasteiger partial charge on any atom is 0.191 e. The van der Waals surface area contributed by atoms with Gasteiger partial charge in [0, 0.05) is 17.8 Å². The fraction of sp³-hybridized carbons (Fsp3) is 0.368. The van der Waals surface area contributed by atoms with Crippen LogP contribution in [0.5, 0.6) is 0 Å². The predicted molar refractivity (Wildman–Crippen MR) is 103 cm³/mol. The molecule has 0 aliphatic rings. The monoisotopic (exact) mass is 386 g/mol. The Morgan fingerprint density at radius 2 is 2.00 bits per heavy atom. The number of Topliss-reactive ketones (excluding diaryl/α,β-unsaturated/α-hetero) is 2. The molecule has 0 bridgehead atoms. The fourth-order valence-electron chi connectivity index (χ4n) is 3.26. The van der Waals surface area contributed by atoms with Gasteiger partial charge in [0.15, 0.2) is 22.5 Å². The number of nitrogens with zero attached hydrogens (tertiary/aromatic N) is 3. The molecule has 1 N–H and O–H groups in total. The molecule has 3 aromatic heterocycles. The van der Waals surface area contributed by atoms with Crippen molar-refractivity contribution < 1.29 is 14.0 Å². The Morgan fingerprint density at radius 1 is 1.26 bits per heavy atom. The van der Waals surface area contributed by atoms with Gasteiger partial charge in [0.1, 0.15) is 5.76 Å². The lowest BCUT2D eigenvalue weighted by atomic mass is 10.1.